The summed E-state index contributed by atoms with van der Waals surface area (Å²) in [6.45, 7) is 2.06. The Morgan fingerprint density at radius 3 is 2.89 bits per heavy atom. The van der Waals surface area contributed by atoms with E-state index < -0.39 is 0 Å². The molecule has 1 aromatic heterocycles. The van der Waals surface area contributed by atoms with Crippen LogP contribution in [0.4, 0.5) is 5.82 Å². The van der Waals surface area contributed by atoms with E-state index in [1.54, 1.807) is 0 Å². The lowest BCUT2D eigenvalue weighted by Gasteiger charge is -2.16. The van der Waals surface area contributed by atoms with Gasteiger partial charge >= 0.3 is 0 Å². The lowest BCUT2D eigenvalue weighted by Crippen LogP contribution is -2.19. The number of aromatic nitrogens is 1. The maximum absolute atomic E-state index is 9.22. The molecule has 0 aliphatic carbocycles. The Morgan fingerprint density at radius 2 is 2.21 bits per heavy atom. The Labute approximate surface area is 113 Å². The number of benzene rings is 1. The van der Waals surface area contributed by atoms with Crippen LogP contribution in [0.3, 0.4) is 0 Å². The fourth-order valence-electron chi connectivity index (χ4n) is 1.94. The lowest BCUT2D eigenvalue weighted by atomic mass is 10.1. The van der Waals surface area contributed by atoms with Crippen LogP contribution in [0.15, 0.2) is 30.3 Å². The number of hydrogen-bond donors (Lipinski definition) is 1. The van der Waals surface area contributed by atoms with Gasteiger partial charge in [0.1, 0.15) is 11.9 Å². The first-order valence-electron chi connectivity index (χ1n) is 6.28. The first-order chi connectivity index (χ1) is 9.28. The van der Waals surface area contributed by atoms with Crippen LogP contribution in [0.2, 0.25) is 0 Å². The summed E-state index contributed by atoms with van der Waals surface area (Å²) < 4.78 is 0. The maximum atomic E-state index is 9.22. The van der Waals surface area contributed by atoms with E-state index >= 15 is 0 Å². The van der Waals surface area contributed by atoms with Crippen LogP contribution in [-0.2, 0) is 0 Å². The van der Waals surface area contributed by atoms with Crippen molar-refractivity contribution in [3.63, 3.8) is 0 Å². The molecule has 19 heavy (non-hydrogen) atoms. The molecular weight excluding hydrogens is 234 g/mol. The fraction of sp³-hybridized carbons (Fsp3) is 0.250. The van der Waals surface area contributed by atoms with Gasteiger partial charge in [0, 0.05) is 17.8 Å². The molecule has 0 spiro atoms. The zero-order valence-corrected chi connectivity index (χ0v) is 10.9. The number of para-hydroxylation sites is 1. The summed E-state index contributed by atoms with van der Waals surface area (Å²) >= 11 is 0. The zero-order valence-electron chi connectivity index (χ0n) is 10.9. The van der Waals surface area contributed by atoms with E-state index in [9.17, 15) is 5.26 Å². The zero-order chi connectivity index (χ0) is 13.7. The number of nitrogens with one attached hydrogen (secondary N) is 1. The second-order valence-electron chi connectivity index (χ2n) is 4.35. The molecule has 0 bridgehead atoms. The van der Waals surface area contributed by atoms with Crippen LogP contribution in [0.1, 0.15) is 25.3 Å². The van der Waals surface area contributed by atoms with Crippen molar-refractivity contribution < 1.29 is 0 Å². The minimum absolute atomic E-state index is 0.144. The minimum Gasteiger partial charge on any atom is -0.365 e. The van der Waals surface area contributed by atoms with Crippen molar-refractivity contribution in [2.45, 2.75) is 25.8 Å². The van der Waals surface area contributed by atoms with Crippen LogP contribution in [-0.4, -0.2) is 11.0 Å². The third-order valence-corrected chi connectivity index (χ3v) is 3.04. The fourth-order valence-corrected chi connectivity index (χ4v) is 1.94. The molecule has 3 nitrogen and oxygen atoms in total. The van der Waals surface area contributed by atoms with Crippen LogP contribution >= 0.6 is 0 Å². The standard InChI is InChI=1S/C16H15N3/c1-3-7-14(4-2)18-16-13(11-17)10-12-8-5-6-9-15(12)19-16/h1,5-6,8-10,14H,4,7H2,2H3,(H,18,19). The normalized spacial score (nSPS) is 11.5. The Kier molecular flexibility index (Phi) is 4.00. The van der Waals surface area contributed by atoms with E-state index in [-0.39, 0.29) is 6.04 Å². The van der Waals surface area contributed by atoms with E-state index in [1.165, 1.54) is 0 Å². The second kappa shape index (κ2) is 5.89. The van der Waals surface area contributed by atoms with Gasteiger partial charge in [-0.3, -0.25) is 0 Å². The highest BCUT2D eigenvalue weighted by atomic mass is 15.0. The summed E-state index contributed by atoms with van der Waals surface area (Å²) in [7, 11) is 0. The van der Waals surface area contributed by atoms with Gasteiger partial charge < -0.3 is 5.32 Å². The molecule has 2 rings (SSSR count). The van der Waals surface area contributed by atoms with E-state index in [4.69, 9.17) is 6.42 Å². The number of nitrogens with zero attached hydrogens (tertiary/aromatic N) is 2. The van der Waals surface area contributed by atoms with Crippen molar-refractivity contribution >= 4 is 16.7 Å². The van der Waals surface area contributed by atoms with Crippen molar-refractivity contribution in [1.29, 1.82) is 5.26 Å². The molecule has 1 aromatic carbocycles. The molecular formula is C16H15N3. The Morgan fingerprint density at radius 1 is 1.42 bits per heavy atom. The van der Waals surface area contributed by atoms with Gasteiger partial charge in [0.05, 0.1) is 11.1 Å². The number of fused-ring (bicyclic) bond motifs is 1. The number of hydrogen-bond acceptors (Lipinski definition) is 3. The summed E-state index contributed by atoms with van der Waals surface area (Å²) in [6.07, 6.45) is 6.86. The van der Waals surface area contributed by atoms with Crippen molar-refractivity contribution in [3.8, 4) is 18.4 Å². The highest BCUT2D eigenvalue weighted by Crippen LogP contribution is 2.21. The molecule has 0 radical (unpaired) electrons. The molecule has 0 aliphatic heterocycles. The molecule has 1 atom stereocenters. The molecule has 0 saturated carbocycles. The summed E-state index contributed by atoms with van der Waals surface area (Å²) in [5.41, 5.74) is 1.42. The van der Waals surface area contributed by atoms with Gasteiger partial charge in [-0.15, -0.1) is 12.3 Å². The molecule has 1 unspecified atom stereocenters. The minimum atomic E-state index is 0.144. The van der Waals surface area contributed by atoms with Gasteiger partial charge in [-0.2, -0.15) is 5.26 Å². The second-order valence-corrected chi connectivity index (χ2v) is 4.35. The molecule has 2 aromatic rings. The summed E-state index contributed by atoms with van der Waals surface area (Å²) in [5, 5.41) is 13.5. The first kappa shape index (κ1) is 12.9. The smallest absolute Gasteiger partial charge is 0.144 e. The number of terminal acetylenes is 1. The number of rotatable bonds is 4. The third kappa shape index (κ3) is 2.84. The van der Waals surface area contributed by atoms with Gasteiger partial charge in [0.15, 0.2) is 0 Å². The molecule has 0 saturated heterocycles. The van der Waals surface area contributed by atoms with Crippen LogP contribution in [0, 0.1) is 23.7 Å². The predicted octanol–water partition coefficient (Wildman–Crippen LogP) is 3.32. The summed E-state index contributed by atoms with van der Waals surface area (Å²) in [6, 6.07) is 11.9. The monoisotopic (exact) mass is 249 g/mol. The SMILES string of the molecule is C#CCC(CC)Nc1nc2ccccc2cc1C#N. The van der Waals surface area contributed by atoms with Gasteiger partial charge in [0.25, 0.3) is 0 Å². The topological polar surface area (TPSA) is 48.7 Å². The highest BCUT2D eigenvalue weighted by molar-refractivity contribution is 5.82. The van der Waals surface area contributed by atoms with Gasteiger partial charge in [0.2, 0.25) is 0 Å². The lowest BCUT2D eigenvalue weighted by molar-refractivity contribution is 0.712. The van der Waals surface area contributed by atoms with E-state index in [0.29, 0.717) is 17.8 Å². The van der Waals surface area contributed by atoms with Gasteiger partial charge in [-0.05, 0) is 18.6 Å². The quantitative estimate of drug-likeness (QED) is 0.845. The molecule has 3 heteroatoms. The number of pyridine rings is 1. The van der Waals surface area contributed by atoms with E-state index in [1.807, 2.05) is 30.3 Å². The molecule has 0 fully saturated rings. The summed E-state index contributed by atoms with van der Waals surface area (Å²) in [5.74, 6) is 3.25. The number of anilines is 1. The molecule has 1 heterocycles. The predicted molar refractivity (Wildman–Crippen MR) is 77.6 cm³/mol. The maximum Gasteiger partial charge on any atom is 0.144 e. The van der Waals surface area contributed by atoms with Crippen LogP contribution < -0.4 is 5.32 Å². The molecule has 94 valence electrons. The molecule has 0 amide bonds. The number of nitriles is 1. The third-order valence-electron chi connectivity index (χ3n) is 3.04. The Bertz CT molecular complexity index is 662. The molecule has 0 aliphatic rings. The van der Waals surface area contributed by atoms with E-state index in [2.05, 4.69) is 29.2 Å². The van der Waals surface area contributed by atoms with Crippen molar-refractivity contribution in [1.82, 2.24) is 4.98 Å². The van der Waals surface area contributed by atoms with Gasteiger partial charge in [-0.25, -0.2) is 4.98 Å². The largest absolute Gasteiger partial charge is 0.365 e. The average molecular weight is 249 g/mol. The summed E-state index contributed by atoms with van der Waals surface area (Å²) in [4.78, 5) is 4.51. The van der Waals surface area contributed by atoms with E-state index in [0.717, 1.165) is 17.3 Å². The van der Waals surface area contributed by atoms with Gasteiger partial charge in [-0.1, -0.05) is 25.1 Å². The highest BCUT2D eigenvalue weighted by Gasteiger charge is 2.10. The molecule has 1 N–H and O–H groups in total. The first-order valence-corrected chi connectivity index (χ1v) is 6.28. The van der Waals surface area contributed by atoms with Crippen molar-refractivity contribution in [2.75, 3.05) is 5.32 Å². The Balaban J connectivity index is 2.41. The average Bonchev–Trinajstić information content (AvgIpc) is 2.46. The van der Waals surface area contributed by atoms with Crippen LogP contribution in [0.25, 0.3) is 10.9 Å². The van der Waals surface area contributed by atoms with Crippen LogP contribution in [0.5, 0.6) is 0 Å². The van der Waals surface area contributed by atoms with Crippen molar-refractivity contribution in [2.24, 2.45) is 0 Å². The van der Waals surface area contributed by atoms with Crippen molar-refractivity contribution in [3.05, 3.63) is 35.9 Å². The Hall–Kier alpha value is -2.52.